The zero-order valence-corrected chi connectivity index (χ0v) is 19.0. The van der Waals surface area contributed by atoms with Crippen molar-refractivity contribution in [1.29, 1.82) is 0 Å². The first-order valence-corrected chi connectivity index (χ1v) is 11.7. The maximum absolute atomic E-state index is 13.8. The summed E-state index contributed by atoms with van der Waals surface area (Å²) in [7, 11) is -2.58. The third-order valence-electron chi connectivity index (χ3n) is 5.37. The Bertz CT molecular complexity index is 1010. The number of amides is 1. The third kappa shape index (κ3) is 4.78. The third-order valence-corrected chi connectivity index (χ3v) is 7.16. The second-order valence-electron chi connectivity index (χ2n) is 7.95. The maximum atomic E-state index is 13.8. The van der Waals surface area contributed by atoms with E-state index < -0.39 is 10.0 Å². The van der Waals surface area contributed by atoms with E-state index in [1.807, 2.05) is 26.8 Å². The smallest absolute Gasteiger partial charge is 0.268 e. The van der Waals surface area contributed by atoms with Gasteiger partial charge in [-0.15, -0.1) is 0 Å². The number of hydrogen-bond donors (Lipinski definition) is 0. The van der Waals surface area contributed by atoms with Gasteiger partial charge in [0.15, 0.2) is 0 Å². The van der Waals surface area contributed by atoms with Gasteiger partial charge in [0.2, 0.25) is 5.91 Å². The average Bonchev–Trinajstić information content (AvgIpc) is 2.71. The molecule has 6 nitrogen and oxygen atoms in total. The van der Waals surface area contributed by atoms with Crippen LogP contribution in [0.4, 0.5) is 5.69 Å². The minimum atomic E-state index is -4.03. The zero-order valence-electron chi connectivity index (χ0n) is 18.1. The van der Waals surface area contributed by atoms with Gasteiger partial charge in [-0.05, 0) is 81.0 Å². The first-order chi connectivity index (χ1) is 14.2. The van der Waals surface area contributed by atoms with Crippen molar-refractivity contribution in [2.45, 2.75) is 44.9 Å². The number of benzene rings is 2. The fourth-order valence-corrected chi connectivity index (χ4v) is 5.52. The predicted octanol–water partition coefficient (Wildman–Crippen LogP) is 3.83. The number of carbonyl (C=O) groups is 1. The molecule has 0 N–H and O–H groups in total. The SMILES string of the molecule is COc1ccc(C)cc1S(=O)(=O)N(CC(=O)N1CCCCC1)c1cc(C)cc(C)c1. The van der Waals surface area contributed by atoms with Gasteiger partial charge in [0.05, 0.1) is 12.8 Å². The van der Waals surface area contributed by atoms with E-state index in [9.17, 15) is 13.2 Å². The lowest BCUT2D eigenvalue weighted by Crippen LogP contribution is -2.45. The van der Waals surface area contributed by atoms with Crippen LogP contribution in [0, 0.1) is 20.8 Å². The number of likely N-dealkylation sites (tertiary alicyclic amines) is 1. The molecule has 2 aromatic rings. The molecule has 1 saturated heterocycles. The van der Waals surface area contributed by atoms with Gasteiger partial charge in [0.1, 0.15) is 17.2 Å². The summed E-state index contributed by atoms with van der Waals surface area (Å²) in [5.41, 5.74) is 3.16. The summed E-state index contributed by atoms with van der Waals surface area (Å²) in [4.78, 5) is 14.9. The Hall–Kier alpha value is -2.54. The molecule has 1 fully saturated rings. The molecule has 2 aromatic carbocycles. The lowest BCUT2D eigenvalue weighted by Gasteiger charge is -2.31. The molecule has 0 bridgehead atoms. The Labute approximate surface area is 179 Å². The summed E-state index contributed by atoms with van der Waals surface area (Å²) in [6, 6.07) is 10.6. The number of piperidine rings is 1. The molecular formula is C23H30N2O4S. The van der Waals surface area contributed by atoms with E-state index in [1.54, 1.807) is 35.2 Å². The monoisotopic (exact) mass is 430 g/mol. The molecule has 1 aliphatic rings. The van der Waals surface area contributed by atoms with Crippen LogP contribution in [0.15, 0.2) is 41.3 Å². The molecule has 0 aromatic heterocycles. The Morgan fingerprint density at radius 1 is 0.967 bits per heavy atom. The van der Waals surface area contributed by atoms with Crippen molar-refractivity contribution >= 4 is 21.6 Å². The van der Waals surface area contributed by atoms with Crippen LogP contribution < -0.4 is 9.04 Å². The van der Waals surface area contributed by atoms with Crippen molar-refractivity contribution in [2.75, 3.05) is 31.0 Å². The molecule has 0 radical (unpaired) electrons. The zero-order chi connectivity index (χ0) is 21.9. The molecule has 1 aliphatic heterocycles. The highest BCUT2D eigenvalue weighted by atomic mass is 32.2. The topological polar surface area (TPSA) is 66.9 Å². The minimum absolute atomic E-state index is 0.0654. The molecule has 7 heteroatoms. The molecule has 3 rings (SSSR count). The van der Waals surface area contributed by atoms with Crippen molar-refractivity contribution in [2.24, 2.45) is 0 Å². The van der Waals surface area contributed by atoms with Gasteiger partial charge < -0.3 is 9.64 Å². The van der Waals surface area contributed by atoms with E-state index >= 15 is 0 Å². The number of hydrogen-bond acceptors (Lipinski definition) is 4. The molecular weight excluding hydrogens is 400 g/mol. The van der Waals surface area contributed by atoms with Crippen molar-refractivity contribution in [3.63, 3.8) is 0 Å². The van der Waals surface area contributed by atoms with E-state index in [0.29, 0.717) is 18.8 Å². The van der Waals surface area contributed by atoms with E-state index in [0.717, 1.165) is 36.0 Å². The molecule has 1 heterocycles. The quantitative estimate of drug-likeness (QED) is 0.699. The number of anilines is 1. The van der Waals surface area contributed by atoms with Crippen molar-refractivity contribution in [1.82, 2.24) is 4.90 Å². The van der Waals surface area contributed by atoms with Gasteiger partial charge in [0, 0.05) is 13.1 Å². The molecule has 0 saturated carbocycles. The van der Waals surface area contributed by atoms with Crippen LogP contribution in [0.25, 0.3) is 0 Å². The minimum Gasteiger partial charge on any atom is -0.495 e. The van der Waals surface area contributed by atoms with Gasteiger partial charge in [-0.25, -0.2) is 8.42 Å². The van der Waals surface area contributed by atoms with Gasteiger partial charge >= 0.3 is 0 Å². The van der Waals surface area contributed by atoms with Crippen LogP contribution in [0.2, 0.25) is 0 Å². The standard InChI is InChI=1S/C23H30N2O4S/c1-17-8-9-21(29-4)22(15-17)30(27,28)25(20-13-18(2)12-19(3)14-20)16-23(26)24-10-6-5-7-11-24/h8-9,12-15H,5-7,10-11,16H2,1-4H3. The summed E-state index contributed by atoms with van der Waals surface area (Å²) in [6.45, 7) is 6.78. The summed E-state index contributed by atoms with van der Waals surface area (Å²) in [6.07, 6.45) is 3.00. The number of sulfonamides is 1. The number of ether oxygens (including phenoxy) is 1. The van der Waals surface area contributed by atoms with Gasteiger partial charge in [0.25, 0.3) is 10.0 Å². The second kappa shape index (κ2) is 9.08. The highest BCUT2D eigenvalue weighted by molar-refractivity contribution is 7.93. The van der Waals surface area contributed by atoms with Crippen molar-refractivity contribution < 1.29 is 17.9 Å². The van der Waals surface area contributed by atoms with Crippen LogP contribution in [-0.2, 0) is 14.8 Å². The lowest BCUT2D eigenvalue weighted by atomic mass is 10.1. The average molecular weight is 431 g/mol. The predicted molar refractivity (Wildman–Crippen MR) is 119 cm³/mol. The van der Waals surface area contributed by atoms with Crippen LogP contribution in [0.3, 0.4) is 0 Å². The van der Waals surface area contributed by atoms with Crippen LogP contribution in [-0.4, -0.2) is 46.0 Å². The van der Waals surface area contributed by atoms with Crippen LogP contribution in [0.5, 0.6) is 5.75 Å². The van der Waals surface area contributed by atoms with Gasteiger partial charge in [-0.2, -0.15) is 0 Å². The fraction of sp³-hybridized carbons (Fsp3) is 0.435. The Morgan fingerprint density at radius 3 is 2.20 bits per heavy atom. The number of aryl methyl sites for hydroxylation is 3. The fourth-order valence-electron chi connectivity index (χ4n) is 3.88. The van der Waals surface area contributed by atoms with Gasteiger partial charge in [-0.3, -0.25) is 9.10 Å². The highest BCUT2D eigenvalue weighted by Crippen LogP contribution is 2.32. The van der Waals surface area contributed by atoms with Crippen molar-refractivity contribution in [3.05, 3.63) is 53.1 Å². The summed E-state index contributed by atoms with van der Waals surface area (Å²) in [5, 5.41) is 0. The second-order valence-corrected chi connectivity index (χ2v) is 9.78. The summed E-state index contributed by atoms with van der Waals surface area (Å²) in [5.74, 6) is 0.0875. The normalized spacial score (nSPS) is 14.5. The van der Waals surface area contributed by atoms with Crippen LogP contribution in [0.1, 0.15) is 36.0 Å². The van der Waals surface area contributed by atoms with Crippen molar-refractivity contribution in [3.8, 4) is 5.75 Å². The molecule has 0 aliphatic carbocycles. The lowest BCUT2D eigenvalue weighted by molar-refractivity contribution is -0.130. The summed E-state index contributed by atoms with van der Waals surface area (Å²) < 4.78 is 34.1. The number of nitrogens with zero attached hydrogens (tertiary/aromatic N) is 2. The first kappa shape index (κ1) is 22.2. The van der Waals surface area contributed by atoms with Gasteiger partial charge in [-0.1, -0.05) is 12.1 Å². The van der Waals surface area contributed by atoms with E-state index in [-0.39, 0.29) is 23.1 Å². The van der Waals surface area contributed by atoms with E-state index in [1.165, 1.54) is 11.4 Å². The molecule has 30 heavy (non-hydrogen) atoms. The molecule has 162 valence electrons. The largest absolute Gasteiger partial charge is 0.495 e. The Balaban J connectivity index is 2.08. The Kier molecular flexibility index (Phi) is 6.71. The maximum Gasteiger partial charge on any atom is 0.268 e. The molecule has 1 amide bonds. The number of rotatable bonds is 6. The number of methoxy groups -OCH3 is 1. The first-order valence-electron chi connectivity index (χ1n) is 10.3. The van der Waals surface area contributed by atoms with E-state index in [4.69, 9.17) is 4.74 Å². The Morgan fingerprint density at radius 2 is 1.60 bits per heavy atom. The molecule has 0 spiro atoms. The molecule has 0 unspecified atom stereocenters. The molecule has 0 atom stereocenters. The van der Waals surface area contributed by atoms with E-state index in [2.05, 4.69) is 0 Å². The summed E-state index contributed by atoms with van der Waals surface area (Å²) >= 11 is 0. The number of carbonyl (C=O) groups excluding carboxylic acids is 1. The highest BCUT2D eigenvalue weighted by Gasteiger charge is 2.32. The van der Waals surface area contributed by atoms with Crippen LogP contribution >= 0.6 is 0 Å².